The van der Waals surface area contributed by atoms with Crippen molar-refractivity contribution in [2.24, 2.45) is 0 Å². The van der Waals surface area contributed by atoms with Gasteiger partial charge in [0.25, 0.3) is 0 Å². The first-order valence-electron chi connectivity index (χ1n) is 7.69. The van der Waals surface area contributed by atoms with E-state index in [1.165, 1.54) is 0 Å². The summed E-state index contributed by atoms with van der Waals surface area (Å²) in [6, 6.07) is 6.37. The van der Waals surface area contributed by atoms with Crippen LogP contribution in [-0.4, -0.2) is 35.4 Å². The van der Waals surface area contributed by atoms with Gasteiger partial charge in [-0.3, -0.25) is 14.4 Å². The second-order valence-corrected chi connectivity index (χ2v) is 5.36. The van der Waals surface area contributed by atoms with Crippen molar-refractivity contribution < 1.29 is 24.2 Å². The first-order valence-corrected chi connectivity index (χ1v) is 7.69. The summed E-state index contributed by atoms with van der Waals surface area (Å²) in [5, 5.41) is 11.2. The van der Waals surface area contributed by atoms with Gasteiger partial charge in [-0.1, -0.05) is 6.92 Å². The molecule has 0 aliphatic carbocycles. The molecular weight excluding hydrogens is 298 g/mol. The molecular formula is C17H23NO5. The average molecular weight is 321 g/mol. The van der Waals surface area contributed by atoms with E-state index in [-0.39, 0.29) is 31.0 Å². The zero-order valence-corrected chi connectivity index (χ0v) is 13.5. The maximum Gasteiger partial charge on any atom is 0.305 e. The Morgan fingerprint density at radius 3 is 2.39 bits per heavy atom. The van der Waals surface area contributed by atoms with Crippen LogP contribution in [0.15, 0.2) is 24.3 Å². The fraction of sp³-hybridized carbons (Fsp3) is 0.471. The van der Waals surface area contributed by atoms with E-state index in [9.17, 15) is 14.4 Å². The molecule has 1 amide bonds. The number of hydrogen-bond acceptors (Lipinski definition) is 4. The Kier molecular flexibility index (Phi) is 7.80. The number of aliphatic carboxylic acids is 1. The van der Waals surface area contributed by atoms with E-state index in [0.29, 0.717) is 17.9 Å². The van der Waals surface area contributed by atoms with Crippen molar-refractivity contribution in [3.8, 4) is 5.75 Å². The Morgan fingerprint density at radius 1 is 1.17 bits per heavy atom. The van der Waals surface area contributed by atoms with Crippen molar-refractivity contribution in [1.29, 1.82) is 0 Å². The molecule has 0 saturated carbocycles. The summed E-state index contributed by atoms with van der Waals surface area (Å²) in [4.78, 5) is 34.2. The van der Waals surface area contributed by atoms with Crippen molar-refractivity contribution >= 4 is 17.7 Å². The van der Waals surface area contributed by atoms with Crippen molar-refractivity contribution in [3.05, 3.63) is 29.8 Å². The van der Waals surface area contributed by atoms with E-state index in [1.54, 1.807) is 31.2 Å². The lowest BCUT2D eigenvalue weighted by atomic mass is 10.1. The highest BCUT2D eigenvalue weighted by molar-refractivity contribution is 5.98. The Bertz CT molecular complexity index is 538. The molecule has 23 heavy (non-hydrogen) atoms. The van der Waals surface area contributed by atoms with Crippen LogP contribution in [0.5, 0.6) is 5.75 Å². The van der Waals surface area contributed by atoms with Gasteiger partial charge in [0.05, 0.1) is 13.0 Å². The van der Waals surface area contributed by atoms with Gasteiger partial charge in [0, 0.05) is 24.4 Å². The number of carbonyl (C=O) groups excluding carboxylic acids is 2. The largest absolute Gasteiger partial charge is 0.494 e. The highest BCUT2D eigenvalue weighted by atomic mass is 16.5. The molecule has 1 unspecified atom stereocenters. The van der Waals surface area contributed by atoms with E-state index in [4.69, 9.17) is 9.84 Å². The monoisotopic (exact) mass is 321 g/mol. The maximum absolute atomic E-state index is 12.0. The summed E-state index contributed by atoms with van der Waals surface area (Å²) < 4.78 is 5.44. The van der Waals surface area contributed by atoms with Crippen molar-refractivity contribution in [1.82, 2.24) is 5.32 Å². The summed E-state index contributed by atoms with van der Waals surface area (Å²) in [5.41, 5.74) is 0.528. The van der Waals surface area contributed by atoms with Crippen LogP contribution in [0.3, 0.4) is 0 Å². The van der Waals surface area contributed by atoms with Gasteiger partial charge in [0.2, 0.25) is 5.91 Å². The van der Waals surface area contributed by atoms with Crippen LogP contribution in [0.1, 0.15) is 49.9 Å². The predicted octanol–water partition coefficient (Wildman–Crippen LogP) is 2.42. The van der Waals surface area contributed by atoms with E-state index >= 15 is 0 Å². The van der Waals surface area contributed by atoms with Gasteiger partial charge in [-0.25, -0.2) is 0 Å². The topological polar surface area (TPSA) is 92.7 Å². The zero-order chi connectivity index (χ0) is 17.2. The number of amides is 1. The van der Waals surface area contributed by atoms with Gasteiger partial charge < -0.3 is 15.2 Å². The second-order valence-electron chi connectivity index (χ2n) is 5.36. The normalized spacial score (nSPS) is 11.6. The molecule has 0 radical (unpaired) electrons. The quantitative estimate of drug-likeness (QED) is 0.646. The van der Waals surface area contributed by atoms with Crippen LogP contribution in [0.2, 0.25) is 0 Å². The standard InChI is InChI=1S/C17H23NO5/c1-3-10-23-14-6-4-13(5-7-14)15(19)8-9-16(20)18-12(2)11-17(21)22/h4-7,12H,3,8-11H2,1-2H3,(H,18,20)(H,21,22). The lowest BCUT2D eigenvalue weighted by Gasteiger charge is -2.11. The lowest BCUT2D eigenvalue weighted by Crippen LogP contribution is -2.34. The first kappa shape index (κ1) is 18.7. The minimum absolute atomic E-state index is 0.0386. The van der Waals surface area contributed by atoms with Crippen LogP contribution >= 0.6 is 0 Å². The van der Waals surface area contributed by atoms with Gasteiger partial charge in [-0.05, 0) is 37.6 Å². The van der Waals surface area contributed by atoms with Gasteiger partial charge in [-0.2, -0.15) is 0 Å². The number of ketones is 1. The summed E-state index contributed by atoms with van der Waals surface area (Å²) in [5.74, 6) is -0.717. The number of Topliss-reactive ketones (excluding diaryl/α,β-unsaturated/α-hetero) is 1. The van der Waals surface area contributed by atoms with Gasteiger partial charge in [-0.15, -0.1) is 0 Å². The fourth-order valence-corrected chi connectivity index (χ4v) is 1.99. The Balaban J connectivity index is 2.41. The summed E-state index contributed by atoms with van der Waals surface area (Å²) in [7, 11) is 0. The van der Waals surface area contributed by atoms with Crippen LogP contribution < -0.4 is 10.1 Å². The van der Waals surface area contributed by atoms with E-state index in [0.717, 1.165) is 6.42 Å². The number of benzene rings is 1. The lowest BCUT2D eigenvalue weighted by molar-refractivity contribution is -0.137. The third kappa shape index (κ3) is 7.44. The second kappa shape index (κ2) is 9.61. The minimum atomic E-state index is -0.973. The highest BCUT2D eigenvalue weighted by Gasteiger charge is 2.13. The fourth-order valence-electron chi connectivity index (χ4n) is 1.99. The minimum Gasteiger partial charge on any atom is -0.494 e. The third-order valence-corrected chi connectivity index (χ3v) is 3.12. The van der Waals surface area contributed by atoms with Gasteiger partial charge in [0.1, 0.15) is 5.75 Å². The van der Waals surface area contributed by atoms with Crippen molar-refractivity contribution in [2.45, 2.75) is 45.6 Å². The van der Waals surface area contributed by atoms with Crippen LogP contribution in [-0.2, 0) is 9.59 Å². The van der Waals surface area contributed by atoms with Crippen LogP contribution in [0.25, 0.3) is 0 Å². The molecule has 126 valence electrons. The molecule has 0 saturated heterocycles. The number of rotatable bonds is 10. The maximum atomic E-state index is 12.0. The van der Waals surface area contributed by atoms with Crippen molar-refractivity contribution in [3.63, 3.8) is 0 Å². The molecule has 2 N–H and O–H groups in total. The number of carbonyl (C=O) groups is 3. The summed E-state index contributed by atoms with van der Waals surface area (Å²) >= 11 is 0. The van der Waals surface area contributed by atoms with Gasteiger partial charge in [0.15, 0.2) is 5.78 Å². The van der Waals surface area contributed by atoms with Gasteiger partial charge >= 0.3 is 5.97 Å². The van der Waals surface area contributed by atoms with E-state index < -0.39 is 12.0 Å². The molecule has 0 aromatic heterocycles. The molecule has 0 heterocycles. The molecule has 0 fully saturated rings. The van der Waals surface area contributed by atoms with Crippen LogP contribution in [0, 0.1) is 0 Å². The van der Waals surface area contributed by atoms with Crippen LogP contribution in [0.4, 0.5) is 0 Å². The molecule has 1 rings (SSSR count). The SMILES string of the molecule is CCCOc1ccc(C(=O)CCC(=O)NC(C)CC(=O)O)cc1. The number of carboxylic acid groups (broad SMARTS) is 1. The number of ether oxygens (including phenoxy) is 1. The molecule has 1 aromatic carbocycles. The van der Waals surface area contributed by atoms with Crippen molar-refractivity contribution in [2.75, 3.05) is 6.61 Å². The molecule has 0 spiro atoms. The van der Waals surface area contributed by atoms with E-state index in [2.05, 4.69) is 5.32 Å². The summed E-state index contributed by atoms with van der Waals surface area (Å²) in [6.07, 6.45) is 0.896. The molecule has 6 heteroatoms. The molecule has 0 aliphatic rings. The Hall–Kier alpha value is -2.37. The third-order valence-electron chi connectivity index (χ3n) is 3.12. The smallest absolute Gasteiger partial charge is 0.305 e. The molecule has 1 atom stereocenters. The number of nitrogens with one attached hydrogen (secondary N) is 1. The molecule has 0 bridgehead atoms. The predicted molar refractivity (Wildman–Crippen MR) is 85.7 cm³/mol. The first-order chi connectivity index (χ1) is 10.9. The molecule has 1 aromatic rings. The zero-order valence-electron chi connectivity index (χ0n) is 13.5. The number of hydrogen-bond donors (Lipinski definition) is 2. The average Bonchev–Trinajstić information content (AvgIpc) is 2.50. The highest BCUT2D eigenvalue weighted by Crippen LogP contribution is 2.14. The summed E-state index contributed by atoms with van der Waals surface area (Å²) in [6.45, 7) is 4.26. The Morgan fingerprint density at radius 2 is 1.83 bits per heavy atom. The molecule has 0 aliphatic heterocycles. The Labute approximate surface area is 135 Å². The van der Waals surface area contributed by atoms with E-state index in [1.807, 2.05) is 6.92 Å². The number of carboxylic acids is 1. The molecule has 6 nitrogen and oxygen atoms in total.